The molecule has 6 nitrogen and oxygen atoms in total. The van der Waals surface area contributed by atoms with Gasteiger partial charge in [0, 0.05) is 41.5 Å². The molecular formula is C19H18FN5O. The molecule has 2 aromatic heterocycles. The monoisotopic (exact) mass is 351 g/mol. The summed E-state index contributed by atoms with van der Waals surface area (Å²) in [5, 5.41) is 0. The Morgan fingerprint density at radius 3 is 2.38 bits per heavy atom. The van der Waals surface area contributed by atoms with E-state index in [1.54, 1.807) is 24.5 Å². The second-order valence-electron chi connectivity index (χ2n) is 6.29. The smallest absolute Gasteiger partial charge is 0.321 e. The van der Waals surface area contributed by atoms with E-state index >= 15 is 4.39 Å². The minimum Gasteiger partial charge on any atom is -0.421 e. The fourth-order valence-corrected chi connectivity index (χ4v) is 3.36. The van der Waals surface area contributed by atoms with Gasteiger partial charge in [-0.3, -0.25) is 0 Å². The summed E-state index contributed by atoms with van der Waals surface area (Å²) in [6.07, 6.45) is 10.5. The zero-order valence-corrected chi connectivity index (χ0v) is 14.1. The predicted octanol–water partition coefficient (Wildman–Crippen LogP) is 4.10. The molecule has 0 radical (unpaired) electrons. The van der Waals surface area contributed by atoms with E-state index in [1.165, 1.54) is 12.4 Å². The molecular weight excluding hydrogens is 333 g/mol. The number of halogens is 1. The maximum atomic E-state index is 15.4. The summed E-state index contributed by atoms with van der Waals surface area (Å²) in [6.45, 7) is 0. The molecule has 2 heterocycles. The molecule has 0 atom stereocenters. The molecule has 0 spiro atoms. The summed E-state index contributed by atoms with van der Waals surface area (Å²) in [7, 11) is 0. The summed E-state index contributed by atoms with van der Waals surface area (Å²) < 4.78 is 21.2. The molecule has 2 N–H and O–H groups in total. The first-order valence-electron chi connectivity index (χ1n) is 8.57. The van der Waals surface area contributed by atoms with Crippen LogP contribution in [-0.2, 0) is 0 Å². The Hall–Kier alpha value is -3.09. The molecule has 1 aromatic carbocycles. The summed E-state index contributed by atoms with van der Waals surface area (Å²) in [4.78, 5) is 16.0. The van der Waals surface area contributed by atoms with E-state index < -0.39 is 5.82 Å². The molecule has 4 rings (SSSR count). The second-order valence-corrected chi connectivity index (χ2v) is 6.29. The average molecular weight is 351 g/mol. The van der Waals surface area contributed by atoms with Gasteiger partial charge in [-0.05, 0) is 24.8 Å². The van der Waals surface area contributed by atoms with E-state index in [9.17, 15) is 0 Å². The molecule has 7 heteroatoms. The van der Waals surface area contributed by atoms with Crippen molar-refractivity contribution in [1.82, 2.24) is 19.9 Å². The van der Waals surface area contributed by atoms with Crippen LogP contribution in [0.4, 0.5) is 10.3 Å². The van der Waals surface area contributed by atoms with Crippen LogP contribution in [0.5, 0.6) is 11.8 Å². The number of nitrogens with two attached hydrogens (primary N) is 1. The van der Waals surface area contributed by atoms with Crippen molar-refractivity contribution in [3.05, 3.63) is 54.4 Å². The quantitative estimate of drug-likeness (QED) is 0.761. The van der Waals surface area contributed by atoms with Gasteiger partial charge in [-0.2, -0.15) is 0 Å². The van der Waals surface area contributed by atoms with E-state index in [4.69, 9.17) is 10.5 Å². The summed E-state index contributed by atoms with van der Waals surface area (Å²) in [5.74, 6) is 0.137. The highest BCUT2D eigenvalue weighted by molar-refractivity contribution is 5.66. The number of nitrogen functional groups attached to an aromatic ring is 1. The van der Waals surface area contributed by atoms with Crippen molar-refractivity contribution >= 4 is 5.95 Å². The van der Waals surface area contributed by atoms with Gasteiger partial charge in [-0.1, -0.05) is 25.0 Å². The molecule has 0 aliphatic heterocycles. The number of anilines is 1. The first kappa shape index (κ1) is 16.4. The Balaban J connectivity index is 1.80. The molecule has 3 aromatic rings. The Bertz CT molecular complexity index is 896. The summed E-state index contributed by atoms with van der Waals surface area (Å²) >= 11 is 0. The SMILES string of the molecule is Nc1ncc(-c2ccc(C3CCCC3)c(Oc3ncccn3)c2F)cn1. The van der Waals surface area contributed by atoms with Crippen LogP contribution in [0.25, 0.3) is 11.1 Å². The maximum absolute atomic E-state index is 15.4. The first-order valence-corrected chi connectivity index (χ1v) is 8.57. The number of benzene rings is 1. The van der Waals surface area contributed by atoms with E-state index in [0.29, 0.717) is 11.1 Å². The third-order valence-corrected chi connectivity index (χ3v) is 4.64. The Kier molecular flexibility index (Phi) is 4.43. The molecule has 1 saturated carbocycles. The molecule has 0 saturated heterocycles. The van der Waals surface area contributed by atoms with E-state index in [0.717, 1.165) is 31.2 Å². The number of hydrogen-bond donors (Lipinski definition) is 1. The molecule has 26 heavy (non-hydrogen) atoms. The van der Waals surface area contributed by atoms with Gasteiger partial charge in [0.15, 0.2) is 11.6 Å². The van der Waals surface area contributed by atoms with Crippen LogP contribution in [-0.4, -0.2) is 19.9 Å². The van der Waals surface area contributed by atoms with Gasteiger partial charge < -0.3 is 10.5 Å². The Morgan fingerprint density at radius 2 is 1.69 bits per heavy atom. The van der Waals surface area contributed by atoms with Crippen LogP contribution >= 0.6 is 0 Å². The lowest BCUT2D eigenvalue weighted by Crippen LogP contribution is -2.03. The second kappa shape index (κ2) is 7.03. The minimum atomic E-state index is -0.463. The van der Waals surface area contributed by atoms with Crippen LogP contribution in [0.1, 0.15) is 37.2 Å². The van der Waals surface area contributed by atoms with Crippen molar-refractivity contribution < 1.29 is 9.13 Å². The minimum absolute atomic E-state index is 0.122. The van der Waals surface area contributed by atoms with Gasteiger partial charge in [0.25, 0.3) is 0 Å². The zero-order valence-electron chi connectivity index (χ0n) is 14.1. The molecule has 132 valence electrons. The van der Waals surface area contributed by atoms with E-state index in [-0.39, 0.29) is 23.6 Å². The lowest BCUT2D eigenvalue weighted by molar-refractivity contribution is 0.402. The third kappa shape index (κ3) is 3.20. The maximum Gasteiger partial charge on any atom is 0.321 e. The topological polar surface area (TPSA) is 86.8 Å². The highest BCUT2D eigenvalue weighted by Gasteiger charge is 2.26. The fourth-order valence-electron chi connectivity index (χ4n) is 3.36. The van der Waals surface area contributed by atoms with Crippen LogP contribution in [0.3, 0.4) is 0 Å². The standard InChI is InChI=1S/C19H18FN5O/c20-16-14(13-10-24-18(21)25-11-13)6-7-15(12-4-1-2-5-12)17(16)26-19-22-8-3-9-23-19/h3,6-12H,1-2,4-5H2,(H2,21,24,25). The van der Waals surface area contributed by atoms with Crippen LogP contribution < -0.4 is 10.5 Å². The zero-order chi connectivity index (χ0) is 17.9. The highest BCUT2D eigenvalue weighted by Crippen LogP contribution is 2.43. The van der Waals surface area contributed by atoms with Gasteiger partial charge in [0.2, 0.25) is 5.95 Å². The van der Waals surface area contributed by atoms with Gasteiger partial charge in [0.05, 0.1) is 0 Å². The predicted molar refractivity (Wildman–Crippen MR) is 95.2 cm³/mol. The largest absolute Gasteiger partial charge is 0.421 e. The lowest BCUT2D eigenvalue weighted by atomic mass is 9.94. The van der Waals surface area contributed by atoms with Gasteiger partial charge in [-0.15, -0.1) is 0 Å². The number of aromatic nitrogens is 4. The lowest BCUT2D eigenvalue weighted by Gasteiger charge is -2.17. The van der Waals surface area contributed by atoms with Crippen LogP contribution in [0.15, 0.2) is 43.0 Å². The molecule has 0 unspecified atom stereocenters. The highest BCUT2D eigenvalue weighted by atomic mass is 19.1. The summed E-state index contributed by atoms with van der Waals surface area (Å²) in [6, 6.07) is 5.47. The molecule has 1 aliphatic rings. The van der Waals surface area contributed by atoms with Crippen molar-refractivity contribution in [1.29, 1.82) is 0 Å². The molecule has 1 aliphatic carbocycles. The third-order valence-electron chi connectivity index (χ3n) is 4.64. The number of ether oxygens (including phenoxy) is 1. The molecule has 0 amide bonds. The van der Waals surface area contributed by atoms with Crippen molar-refractivity contribution in [2.75, 3.05) is 5.73 Å². The van der Waals surface area contributed by atoms with Crippen molar-refractivity contribution in [2.24, 2.45) is 0 Å². The summed E-state index contributed by atoms with van der Waals surface area (Å²) in [5.41, 5.74) is 7.27. The van der Waals surface area contributed by atoms with Crippen LogP contribution in [0, 0.1) is 5.82 Å². The van der Waals surface area contributed by atoms with Gasteiger partial charge >= 0.3 is 6.01 Å². The van der Waals surface area contributed by atoms with Crippen molar-refractivity contribution in [3.63, 3.8) is 0 Å². The van der Waals surface area contributed by atoms with E-state index in [2.05, 4.69) is 19.9 Å². The van der Waals surface area contributed by atoms with Crippen LogP contribution in [0.2, 0.25) is 0 Å². The van der Waals surface area contributed by atoms with E-state index in [1.807, 2.05) is 6.07 Å². The first-order chi connectivity index (χ1) is 12.7. The Labute approximate surface area is 150 Å². The van der Waals surface area contributed by atoms with Gasteiger partial charge in [0.1, 0.15) is 0 Å². The molecule has 0 bridgehead atoms. The fraction of sp³-hybridized carbons (Fsp3) is 0.263. The van der Waals surface area contributed by atoms with Gasteiger partial charge in [-0.25, -0.2) is 24.3 Å². The Morgan fingerprint density at radius 1 is 1.00 bits per heavy atom. The average Bonchev–Trinajstić information content (AvgIpc) is 3.20. The number of hydrogen-bond acceptors (Lipinski definition) is 6. The van der Waals surface area contributed by atoms with Crippen molar-refractivity contribution in [2.45, 2.75) is 31.6 Å². The molecule has 1 fully saturated rings. The van der Waals surface area contributed by atoms with Crippen molar-refractivity contribution in [3.8, 4) is 22.9 Å². The number of nitrogens with zero attached hydrogens (tertiary/aromatic N) is 4. The normalized spacial score (nSPS) is 14.5. The number of rotatable bonds is 4.